The highest BCUT2D eigenvalue weighted by atomic mass is 35.5. The molecule has 0 saturated heterocycles. The SMILES string of the molecule is CCC(C(=O)NC(C)c1ccccc1C(=O)O)n1cc(OC)c(-c2cc(Cl)ccc2C#N)cc1=O. The zero-order valence-electron chi connectivity index (χ0n) is 19.4. The molecule has 0 aliphatic carbocycles. The molecule has 2 aromatic carbocycles. The van der Waals surface area contributed by atoms with Crippen molar-refractivity contribution in [2.24, 2.45) is 0 Å². The maximum absolute atomic E-state index is 13.2. The Morgan fingerprint density at radius 1 is 1.20 bits per heavy atom. The van der Waals surface area contributed by atoms with Crippen molar-refractivity contribution < 1.29 is 19.4 Å². The number of aromatic carboxylic acids is 1. The number of methoxy groups -OCH3 is 1. The molecule has 0 radical (unpaired) electrons. The van der Waals surface area contributed by atoms with E-state index >= 15 is 0 Å². The second-order valence-electron chi connectivity index (χ2n) is 7.85. The Morgan fingerprint density at radius 2 is 1.91 bits per heavy atom. The molecule has 2 unspecified atom stereocenters. The van der Waals surface area contributed by atoms with Crippen molar-refractivity contribution in [3.63, 3.8) is 0 Å². The van der Waals surface area contributed by atoms with Gasteiger partial charge in [0.15, 0.2) is 0 Å². The van der Waals surface area contributed by atoms with Crippen LogP contribution in [0.25, 0.3) is 11.1 Å². The number of halogens is 1. The molecule has 0 bridgehead atoms. The molecule has 1 amide bonds. The fourth-order valence-corrected chi connectivity index (χ4v) is 4.12. The molecule has 0 saturated carbocycles. The molecule has 0 aliphatic rings. The van der Waals surface area contributed by atoms with Crippen LogP contribution in [0.3, 0.4) is 0 Å². The lowest BCUT2D eigenvalue weighted by Crippen LogP contribution is -2.38. The maximum atomic E-state index is 13.2. The summed E-state index contributed by atoms with van der Waals surface area (Å²) >= 11 is 6.11. The molecular formula is C26H24ClN3O5. The number of carbonyl (C=O) groups excluding carboxylic acids is 1. The molecule has 9 heteroatoms. The summed E-state index contributed by atoms with van der Waals surface area (Å²) < 4.78 is 6.76. The van der Waals surface area contributed by atoms with E-state index in [0.29, 0.717) is 39.4 Å². The number of pyridine rings is 1. The van der Waals surface area contributed by atoms with Gasteiger partial charge in [-0.05, 0) is 43.2 Å². The Kier molecular flexibility index (Phi) is 7.94. The molecule has 2 N–H and O–H groups in total. The van der Waals surface area contributed by atoms with E-state index in [9.17, 15) is 24.8 Å². The topological polar surface area (TPSA) is 121 Å². The van der Waals surface area contributed by atoms with E-state index in [0.717, 1.165) is 0 Å². The number of nitrogens with one attached hydrogen (secondary N) is 1. The van der Waals surface area contributed by atoms with Gasteiger partial charge in [-0.15, -0.1) is 0 Å². The highest BCUT2D eigenvalue weighted by Gasteiger charge is 2.25. The molecular weight excluding hydrogens is 470 g/mol. The number of hydrogen-bond acceptors (Lipinski definition) is 5. The fraction of sp³-hybridized carbons (Fsp3) is 0.231. The number of amides is 1. The largest absolute Gasteiger partial charge is 0.495 e. The number of hydrogen-bond donors (Lipinski definition) is 2. The van der Waals surface area contributed by atoms with Crippen LogP contribution < -0.4 is 15.6 Å². The number of carboxylic acid groups (broad SMARTS) is 1. The monoisotopic (exact) mass is 493 g/mol. The highest BCUT2D eigenvalue weighted by molar-refractivity contribution is 6.31. The van der Waals surface area contributed by atoms with Gasteiger partial charge in [-0.25, -0.2) is 4.79 Å². The Bertz CT molecular complexity index is 1380. The van der Waals surface area contributed by atoms with Gasteiger partial charge >= 0.3 is 5.97 Å². The Morgan fingerprint density at radius 3 is 2.54 bits per heavy atom. The van der Waals surface area contributed by atoms with Crippen molar-refractivity contribution >= 4 is 23.5 Å². The molecule has 8 nitrogen and oxygen atoms in total. The van der Waals surface area contributed by atoms with E-state index in [1.807, 2.05) is 0 Å². The second-order valence-corrected chi connectivity index (χ2v) is 8.29. The number of aromatic nitrogens is 1. The highest BCUT2D eigenvalue weighted by Crippen LogP contribution is 2.33. The molecule has 2 atom stereocenters. The van der Waals surface area contributed by atoms with Crippen molar-refractivity contribution in [2.75, 3.05) is 7.11 Å². The summed E-state index contributed by atoms with van der Waals surface area (Å²) in [7, 11) is 1.43. The minimum atomic E-state index is -1.09. The lowest BCUT2D eigenvalue weighted by molar-refractivity contribution is -0.125. The minimum Gasteiger partial charge on any atom is -0.495 e. The lowest BCUT2D eigenvalue weighted by atomic mass is 10.00. The summed E-state index contributed by atoms with van der Waals surface area (Å²) in [5.41, 5.74) is 1.22. The van der Waals surface area contributed by atoms with Crippen LogP contribution >= 0.6 is 11.6 Å². The standard InChI is InChI=1S/C26H24ClN3O5/c1-4-22(25(32)29-15(2)18-7-5-6-8-19(18)26(33)34)30-14-23(35-3)21(12-24(30)31)20-11-17(27)10-9-16(20)13-28/h5-12,14-15,22H,4H2,1-3H3,(H,29,32)(H,33,34). The first kappa shape index (κ1) is 25.5. The predicted octanol–water partition coefficient (Wildman–Crippen LogP) is 4.58. The van der Waals surface area contributed by atoms with Crippen molar-refractivity contribution in [3.05, 3.63) is 86.8 Å². The van der Waals surface area contributed by atoms with E-state index in [2.05, 4.69) is 11.4 Å². The van der Waals surface area contributed by atoms with Crippen LogP contribution in [0.2, 0.25) is 5.02 Å². The number of ether oxygens (including phenoxy) is 1. The van der Waals surface area contributed by atoms with Crippen LogP contribution in [0, 0.1) is 11.3 Å². The van der Waals surface area contributed by atoms with Crippen molar-refractivity contribution in [3.8, 4) is 22.9 Å². The predicted molar refractivity (Wildman–Crippen MR) is 132 cm³/mol. The van der Waals surface area contributed by atoms with Gasteiger partial charge in [0, 0.05) is 22.2 Å². The van der Waals surface area contributed by atoms with Gasteiger partial charge < -0.3 is 15.2 Å². The van der Waals surface area contributed by atoms with E-state index < -0.39 is 29.5 Å². The first-order chi connectivity index (χ1) is 16.7. The fourth-order valence-electron chi connectivity index (χ4n) is 3.95. The summed E-state index contributed by atoms with van der Waals surface area (Å²) in [6.45, 7) is 3.44. The van der Waals surface area contributed by atoms with Crippen molar-refractivity contribution in [2.45, 2.75) is 32.4 Å². The number of carbonyl (C=O) groups is 2. The Labute approximate surface area is 207 Å². The lowest BCUT2D eigenvalue weighted by Gasteiger charge is -2.23. The Hall–Kier alpha value is -4.09. The molecule has 3 rings (SSSR count). The van der Waals surface area contributed by atoms with Gasteiger partial charge in [0.2, 0.25) is 5.91 Å². The summed E-state index contributed by atoms with van der Waals surface area (Å²) in [5, 5.41) is 22.1. The third kappa shape index (κ3) is 5.36. The van der Waals surface area contributed by atoms with E-state index in [-0.39, 0.29) is 5.56 Å². The zero-order valence-corrected chi connectivity index (χ0v) is 20.2. The van der Waals surface area contributed by atoms with Gasteiger partial charge in [-0.1, -0.05) is 36.7 Å². The molecule has 35 heavy (non-hydrogen) atoms. The number of nitrogens with zero attached hydrogens (tertiary/aromatic N) is 2. The third-order valence-electron chi connectivity index (χ3n) is 5.70. The molecule has 1 aromatic heterocycles. The average molecular weight is 494 g/mol. The molecule has 0 aliphatic heterocycles. The van der Waals surface area contributed by atoms with E-state index in [1.54, 1.807) is 50.2 Å². The summed E-state index contributed by atoms with van der Waals surface area (Å²) in [4.78, 5) is 37.8. The van der Waals surface area contributed by atoms with Gasteiger partial charge in [-0.2, -0.15) is 5.26 Å². The van der Waals surface area contributed by atoms with E-state index in [4.69, 9.17) is 16.3 Å². The quantitative estimate of drug-likeness (QED) is 0.474. The Balaban J connectivity index is 1.99. The first-order valence-corrected chi connectivity index (χ1v) is 11.2. The zero-order chi connectivity index (χ0) is 25.7. The molecule has 3 aromatic rings. The van der Waals surface area contributed by atoms with Crippen LogP contribution in [0.5, 0.6) is 5.75 Å². The van der Waals surface area contributed by atoms with Crippen LogP contribution in [0.15, 0.2) is 59.5 Å². The van der Waals surface area contributed by atoms with Gasteiger partial charge in [-0.3, -0.25) is 14.2 Å². The van der Waals surface area contributed by atoms with Gasteiger partial charge in [0.25, 0.3) is 5.56 Å². The average Bonchev–Trinajstić information content (AvgIpc) is 2.85. The summed E-state index contributed by atoms with van der Waals surface area (Å²) in [6, 6.07) is 13.0. The number of nitriles is 1. The molecule has 0 fully saturated rings. The normalized spacial score (nSPS) is 12.3. The number of benzene rings is 2. The van der Waals surface area contributed by atoms with Gasteiger partial charge in [0.05, 0.1) is 36.5 Å². The second kappa shape index (κ2) is 10.9. The molecule has 180 valence electrons. The summed E-state index contributed by atoms with van der Waals surface area (Å²) in [5.74, 6) is -1.25. The number of rotatable bonds is 8. The number of carboxylic acids is 1. The first-order valence-electron chi connectivity index (χ1n) is 10.8. The molecule has 0 spiro atoms. The molecule has 1 heterocycles. The van der Waals surface area contributed by atoms with Crippen molar-refractivity contribution in [1.82, 2.24) is 9.88 Å². The van der Waals surface area contributed by atoms with Crippen LogP contribution in [0.4, 0.5) is 0 Å². The summed E-state index contributed by atoms with van der Waals surface area (Å²) in [6.07, 6.45) is 1.73. The van der Waals surface area contributed by atoms with E-state index in [1.165, 1.54) is 30.0 Å². The van der Waals surface area contributed by atoms with Crippen LogP contribution in [-0.4, -0.2) is 28.7 Å². The van der Waals surface area contributed by atoms with Crippen LogP contribution in [0.1, 0.15) is 53.8 Å². The maximum Gasteiger partial charge on any atom is 0.336 e. The minimum absolute atomic E-state index is 0.0892. The smallest absolute Gasteiger partial charge is 0.336 e. The third-order valence-corrected chi connectivity index (χ3v) is 5.93. The van der Waals surface area contributed by atoms with Crippen molar-refractivity contribution in [1.29, 1.82) is 5.26 Å². The van der Waals surface area contributed by atoms with Gasteiger partial charge in [0.1, 0.15) is 11.8 Å². The van der Waals surface area contributed by atoms with Crippen LogP contribution in [-0.2, 0) is 4.79 Å².